The Morgan fingerprint density at radius 1 is 1.09 bits per heavy atom. The molecule has 0 saturated heterocycles. The van der Waals surface area contributed by atoms with Crippen molar-refractivity contribution in [3.63, 3.8) is 0 Å². The van der Waals surface area contributed by atoms with Gasteiger partial charge in [0.25, 0.3) is 5.69 Å². The average molecular weight is 325 g/mol. The zero-order valence-corrected chi connectivity index (χ0v) is 13.1. The lowest BCUT2D eigenvalue weighted by Gasteiger charge is -2.11. The highest BCUT2D eigenvalue weighted by Gasteiger charge is 2.19. The number of nitrogens with zero attached hydrogens (tertiary/aromatic N) is 1. The Morgan fingerprint density at radius 3 is 2.23 bits per heavy atom. The summed E-state index contributed by atoms with van der Waals surface area (Å²) < 4.78 is 10.3. The van der Waals surface area contributed by atoms with Crippen molar-refractivity contribution in [1.29, 1.82) is 0 Å². The van der Waals surface area contributed by atoms with Gasteiger partial charge in [-0.15, -0.1) is 12.4 Å². The predicted molar refractivity (Wildman–Crippen MR) is 87.2 cm³/mol. The lowest BCUT2D eigenvalue weighted by atomic mass is 10.1. The van der Waals surface area contributed by atoms with Crippen LogP contribution in [0, 0.1) is 10.1 Å². The van der Waals surface area contributed by atoms with E-state index in [9.17, 15) is 10.1 Å². The van der Waals surface area contributed by atoms with Crippen LogP contribution < -0.4 is 14.8 Å². The van der Waals surface area contributed by atoms with E-state index in [0.717, 1.165) is 5.69 Å². The van der Waals surface area contributed by atoms with Crippen molar-refractivity contribution in [1.82, 2.24) is 0 Å². The van der Waals surface area contributed by atoms with Gasteiger partial charge in [0.15, 0.2) is 11.5 Å². The predicted octanol–water partition coefficient (Wildman–Crippen LogP) is 3.65. The van der Waals surface area contributed by atoms with Gasteiger partial charge in [-0.1, -0.05) is 18.2 Å². The number of nitro benzene ring substituents is 1. The zero-order chi connectivity index (χ0) is 15.2. The summed E-state index contributed by atoms with van der Waals surface area (Å²) in [6.45, 7) is 0.320. The highest BCUT2D eigenvalue weighted by atomic mass is 35.5. The topological polar surface area (TPSA) is 73.6 Å². The van der Waals surface area contributed by atoms with Crippen LogP contribution in [0.3, 0.4) is 0 Å². The van der Waals surface area contributed by atoms with Gasteiger partial charge < -0.3 is 14.8 Å². The number of nitrogens with one attached hydrogen (secondary N) is 1. The van der Waals surface area contributed by atoms with E-state index >= 15 is 0 Å². The monoisotopic (exact) mass is 324 g/mol. The number of benzene rings is 2. The van der Waals surface area contributed by atoms with Gasteiger partial charge in [-0.2, -0.15) is 0 Å². The molecule has 0 unspecified atom stereocenters. The maximum absolute atomic E-state index is 11.2. The van der Waals surface area contributed by atoms with Crippen molar-refractivity contribution < 1.29 is 14.4 Å². The Hall–Kier alpha value is -2.47. The van der Waals surface area contributed by atoms with Gasteiger partial charge in [-0.05, 0) is 18.2 Å². The molecule has 0 radical (unpaired) electrons. The number of hydrogen-bond donors (Lipinski definition) is 1. The van der Waals surface area contributed by atoms with E-state index < -0.39 is 4.92 Å². The normalized spacial score (nSPS) is 9.55. The van der Waals surface area contributed by atoms with Crippen LogP contribution in [0.25, 0.3) is 0 Å². The molecule has 2 aromatic carbocycles. The molecule has 0 amide bonds. The number of hydrogen-bond acceptors (Lipinski definition) is 5. The van der Waals surface area contributed by atoms with Crippen LogP contribution in [0.15, 0.2) is 42.5 Å². The van der Waals surface area contributed by atoms with Crippen LogP contribution in [0.5, 0.6) is 11.5 Å². The third-order valence-electron chi connectivity index (χ3n) is 3.04. The van der Waals surface area contributed by atoms with E-state index in [-0.39, 0.29) is 18.1 Å². The van der Waals surface area contributed by atoms with Gasteiger partial charge in [0.1, 0.15) is 0 Å². The molecule has 0 spiro atoms. The fourth-order valence-corrected chi connectivity index (χ4v) is 1.98. The summed E-state index contributed by atoms with van der Waals surface area (Å²) in [5.41, 5.74) is 1.42. The second kappa shape index (κ2) is 8.09. The fourth-order valence-electron chi connectivity index (χ4n) is 1.98. The minimum absolute atomic E-state index is 0. The quantitative estimate of drug-likeness (QED) is 0.648. The van der Waals surface area contributed by atoms with E-state index in [0.29, 0.717) is 23.6 Å². The number of halogens is 1. The first-order chi connectivity index (χ1) is 10.2. The Labute approximate surface area is 134 Å². The molecular formula is C15H17ClN2O4. The number of methoxy groups -OCH3 is 2. The van der Waals surface area contributed by atoms with E-state index in [2.05, 4.69) is 5.32 Å². The molecule has 118 valence electrons. The second-order valence-corrected chi connectivity index (χ2v) is 4.31. The molecule has 0 saturated carbocycles. The van der Waals surface area contributed by atoms with E-state index in [4.69, 9.17) is 9.47 Å². The summed E-state index contributed by atoms with van der Waals surface area (Å²) in [4.78, 5) is 10.8. The van der Waals surface area contributed by atoms with Crippen molar-refractivity contribution >= 4 is 23.8 Å². The van der Waals surface area contributed by atoms with E-state index in [1.165, 1.54) is 20.3 Å². The van der Waals surface area contributed by atoms with Gasteiger partial charge in [0.05, 0.1) is 30.8 Å². The molecule has 0 bridgehead atoms. The van der Waals surface area contributed by atoms with E-state index in [1.54, 1.807) is 6.07 Å². The standard InChI is InChI=1S/C15H16N2O4.ClH/c1-20-14-8-11(10-16-12-6-4-3-5-7-12)13(17(18)19)9-15(14)21-2;/h3-9,16H,10H2,1-2H3;1H. The SMILES string of the molecule is COc1cc(CNc2ccccc2)c([N+](=O)[O-])cc1OC.Cl. The van der Waals surface area contributed by atoms with Crippen LogP contribution >= 0.6 is 12.4 Å². The molecule has 6 nitrogen and oxygen atoms in total. The molecule has 1 N–H and O–H groups in total. The third kappa shape index (κ3) is 4.02. The van der Waals surface area contributed by atoms with Crippen molar-refractivity contribution in [3.05, 3.63) is 58.1 Å². The van der Waals surface area contributed by atoms with Crippen molar-refractivity contribution in [2.45, 2.75) is 6.54 Å². The second-order valence-electron chi connectivity index (χ2n) is 4.31. The smallest absolute Gasteiger partial charge is 0.278 e. The minimum atomic E-state index is -0.427. The van der Waals surface area contributed by atoms with Gasteiger partial charge >= 0.3 is 0 Å². The largest absolute Gasteiger partial charge is 0.493 e. The molecule has 0 aliphatic heterocycles. The Balaban J connectivity index is 0.00000242. The van der Waals surface area contributed by atoms with Crippen molar-refractivity contribution in [2.24, 2.45) is 0 Å². The number of rotatable bonds is 6. The minimum Gasteiger partial charge on any atom is -0.493 e. The molecule has 7 heteroatoms. The number of ether oxygens (including phenoxy) is 2. The molecule has 2 aromatic rings. The molecule has 0 fully saturated rings. The first-order valence-corrected chi connectivity index (χ1v) is 6.34. The Kier molecular flexibility index (Phi) is 6.47. The summed E-state index contributed by atoms with van der Waals surface area (Å²) in [5.74, 6) is 0.806. The summed E-state index contributed by atoms with van der Waals surface area (Å²) >= 11 is 0. The molecule has 0 aliphatic carbocycles. The summed E-state index contributed by atoms with van der Waals surface area (Å²) in [7, 11) is 2.95. The maximum atomic E-state index is 11.2. The van der Waals surface area contributed by atoms with Crippen LogP contribution in [0.1, 0.15) is 5.56 Å². The molecular weight excluding hydrogens is 308 g/mol. The van der Waals surface area contributed by atoms with E-state index in [1.807, 2.05) is 30.3 Å². The van der Waals surface area contributed by atoms with Gasteiger partial charge in [-0.3, -0.25) is 10.1 Å². The van der Waals surface area contributed by atoms with Crippen LogP contribution in [-0.2, 0) is 6.54 Å². The summed E-state index contributed by atoms with van der Waals surface area (Å²) in [5, 5.41) is 14.3. The van der Waals surface area contributed by atoms with Gasteiger partial charge in [0, 0.05) is 12.2 Å². The lowest BCUT2D eigenvalue weighted by molar-refractivity contribution is -0.385. The number of nitro groups is 1. The zero-order valence-electron chi connectivity index (χ0n) is 12.2. The van der Waals surface area contributed by atoms with Gasteiger partial charge in [0.2, 0.25) is 0 Å². The summed E-state index contributed by atoms with van der Waals surface area (Å²) in [6.07, 6.45) is 0. The first kappa shape index (κ1) is 17.6. The van der Waals surface area contributed by atoms with Gasteiger partial charge in [-0.25, -0.2) is 0 Å². The number of anilines is 1. The highest BCUT2D eigenvalue weighted by Crippen LogP contribution is 2.34. The van der Waals surface area contributed by atoms with Crippen LogP contribution in [0.2, 0.25) is 0 Å². The molecule has 0 aromatic heterocycles. The van der Waals surface area contributed by atoms with Crippen molar-refractivity contribution in [3.8, 4) is 11.5 Å². The molecule has 0 aliphatic rings. The summed E-state index contributed by atoms with van der Waals surface area (Å²) in [6, 6.07) is 12.5. The molecule has 0 heterocycles. The van der Waals surface area contributed by atoms with Crippen LogP contribution in [-0.4, -0.2) is 19.1 Å². The molecule has 2 rings (SSSR count). The Morgan fingerprint density at radius 2 is 1.68 bits per heavy atom. The lowest BCUT2D eigenvalue weighted by Crippen LogP contribution is -2.04. The third-order valence-corrected chi connectivity index (χ3v) is 3.04. The first-order valence-electron chi connectivity index (χ1n) is 6.34. The molecule has 22 heavy (non-hydrogen) atoms. The number of para-hydroxylation sites is 1. The van der Waals surface area contributed by atoms with Crippen molar-refractivity contribution in [2.75, 3.05) is 19.5 Å². The fraction of sp³-hybridized carbons (Fsp3) is 0.200. The Bertz CT molecular complexity index is 635. The highest BCUT2D eigenvalue weighted by molar-refractivity contribution is 5.85. The molecule has 0 atom stereocenters. The van der Waals surface area contributed by atoms with Crippen LogP contribution in [0.4, 0.5) is 11.4 Å². The maximum Gasteiger partial charge on any atom is 0.278 e. The average Bonchev–Trinajstić information content (AvgIpc) is 2.52.